The fraction of sp³-hybridized carbons (Fsp3) is 0.944. The van der Waals surface area contributed by atoms with Gasteiger partial charge < -0.3 is 20.3 Å². The van der Waals surface area contributed by atoms with Gasteiger partial charge >= 0.3 is 5.97 Å². The minimum absolute atomic E-state index is 0.0212. The topological polar surface area (TPSA) is 95.9 Å². The summed E-state index contributed by atoms with van der Waals surface area (Å²) in [5, 5.41) is 23.2. The first-order chi connectivity index (χ1) is 38.5. The Bertz CT molecular complexity index is 1180. The smallest absolute Gasteiger partial charge is 0.305 e. The van der Waals surface area contributed by atoms with Crippen molar-refractivity contribution in [2.75, 3.05) is 13.2 Å². The van der Waals surface area contributed by atoms with Crippen LogP contribution in [0.2, 0.25) is 0 Å². The first kappa shape index (κ1) is 76.6. The molecule has 6 heteroatoms. The third-order valence-corrected chi connectivity index (χ3v) is 17.1. The summed E-state index contributed by atoms with van der Waals surface area (Å²) in [6, 6.07) is -0.536. The summed E-state index contributed by atoms with van der Waals surface area (Å²) in [6.45, 7) is 4.98. The van der Waals surface area contributed by atoms with Crippen LogP contribution in [0, 0.1) is 0 Å². The molecule has 2 atom stereocenters. The lowest BCUT2D eigenvalue weighted by Gasteiger charge is -2.22. The van der Waals surface area contributed by atoms with Crippen molar-refractivity contribution in [1.29, 1.82) is 0 Å². The number of amides is 1. The van der Waals surface area contributed by atoms with E-state index in [1.165, 1.54) is 340 Å². The van der Waals surface area contributed by atoms with Gasteiger partial charge in [-0.15, -0.1) is 0 Å². The quantitative estimate of drug-likeness (QED) is 0.0320. The summed E-state index contributed by atoms with van der Waals surface area (Å²) >= 11 is 0. The highest BCUT2D eigenvalue weighted by Crippen LogP contribution is 2.19. The second kappa shape index (κ2) is 68.1. The Morgan fingerprint density at radius 3 is 0.910 bits per heavy atom. The highest BCUT2D eigenvalue weighted by molar-refractivity contribution is 5.76. The summed E-state index contributed by atoms with van der Waals surface area (Å²) in [7, 11) is 0. The van der Waals surface area contributed by atoms with Crippen molar-refractivity contribution < 1.29 is 24.5 Å². The average molecular weight is 1100 g/mol. The molecular formula is C72H141NO5. The molecule has 0 aliphatic heterocycles. The molecule has 0 aromatic rings. The molecule has 0 saturated heterocycles. The van der Waals surface area contributed by atoms with Crippen molar-refractivity contribution >= 4 is 11.9 Å². The monoisotopic (exact) mass is 1100 g/mol. The minimum atomic E-state index is -0.659. The molecule has 0 bridgehead atoms. The number of aliphatic hydroxyl groups excluding tert-OH is 2. The van der Waals surface area contributed by atoms with Crippen LogP contribution in [-0.2, 0) is 14.3 Å². The van der Waals surface area contributed by atoms with E-state index in [0.717, 1.165) is 38.5 Å². The van der Waals surface area contributed by atoms with E-state index >= 15 is 0 Å². The van der Waals surface area contributed by atoms with Crippen LogP contribution in [-0.4, -0.2) is 47.4 Å². The van der Waals surface area contributed by atoms with Crippen molar-refractivity contribution in [2.45, 2.75) is 424 Å². The maximum atomic E-state index is 12.5. The van der Waals surface area contributed by atoms with E-state index in [1.54, 1.807) is 0 Å². The van der Waals surface area contributed by atoms with Crippen LogP contribution in [0.25, 0.3) is 0 Å². The highest BCUT2D eigenvalue weighted by Gasteiger charge is 2.20. The molecule has 0 aromatic carbocycles. The van der Waals surface area contributed by atoms with Crippen molar-refractivity contribution in [1.82, 2.24) is 5.32 Å². The fourth-order valence-electron chi connectivity index (χ4n) is 11.6. The van der Waals surface area contributed by atoms with Gasteiger partial charge in [-0.25, -0.2) is 0 Å². The minimum Gasteiger partial charge on any atom is -0.466 e. The number of unbranched alkanes of at least 4 members (excludes halogenated alkanes) is 55. The summed E-state index contributed by atoms with van der Waals surface area (Å²) in [6.07, 6.45) is 84.2. The Morgan fingerprint density at radius 2 is 0.603 bits per heavy atom. The molecule has 0 aromatic heterocycles. The average Bonchev–Trinajstić information content (AvgIpc) is 3.44. The van der Waals surface area contributed by atoms with Crippen LogP contribution in [0.1, 0.15) is 412 Å². The Labute approximate surface area is 489 Å². The molecule has 6 nitrogen and oxygen atoms in total. The summed E-state index contributed by atoms with van der Waals surface area (Å²) in [5.41, 5.74) is 0. The number of hydrogen-bond donors (Lipinski definition) is 3. The van der Waals surface area contributed by atoms with E-state index in [2.05, 4.69) is 31.3 Å². The zero-order valence-corrected chi connectivity index (χ0v) is 53.2. The molecule has 0 fully saturated rings. The number of ether oxygens (including phenoxy) is 1. The van der Waals surface area contributed by atoms with Gasteiger partial charge in [0.05, 0.1) is 25.4 Å². The number of esters is 1. The van der Waals surface area contributed by atoms with Crippen LogP contribution in [0.4, 0.5) is 0 Å². The Hall–Kier alpha value is -1.40. The molecule has 78 heavy (non-hydrogen) atoms. The molecule has 0 aliphatic carbocycles. The Kier molecular flexibility index (Phi) is 66.9. The predicted molar refractivity (Wildman–Crippen MR) is 343 cm³/mol. The Morgan fingerprint density at radius 1 is 0.346 bits per heavy atom. The standard InChI is InChI=1S/C72H141NO5/c1-3-5-7-9-11-13-15-16-17-18-32-36-39-42-46-50-54-58-62-66-72(77)78-67-63-59-55-51-47-43-40-37-34-31-29-27-25-23-21-19-20-22-24-26-28-30-33-35-38-41-45-49-53-57-61-65-71(76)73-69(68-74)70(75)64-60-56-52-48-44-14-12-10-8-6-4-2/h16-17,69-70,74-75H,3-15,18-68H2,1-2H3,(H,73,76)/b17-16-. The number of aliphatic hydroxyl groups is 2. The van der Waals surface area contributed by atoms with E-state index in [4.69, 9.17) is 4.74 Å². The van der Waals surface area contributed by atoms with E-state index in [9.17, 15) is 19.8 Å². The molecular weight excluding hydrogens is 959 g/mol. The van der Waals surface area contributed by atoms with Gasteiger partial charge in [-0.05, 0) is 51.4 Å². The van der Waals surface area contributed by atoms with E-state index in [-0.39, 0.29) is 18.5 Å². The molecule has 464 valence electrons. The number of hydrogen-bond acceptors (Lipinski definition) is 5. The maximum Gasteiger partial charge on any atom is 0.305 e. The number of carbonyl (C=O) groups is 2. The normalized spacial score (nSPS) is 12.5. The van der Waals surface area contributed by atoms with Gasteiger partial charge in [-0.1, -0.05) is 360 Å². The molecule has 0 aliphatic rings. The van der Waals surface area contributed by atoms with E-state index in [0.29, 0.717) is 25.9 Å². The lowest BCUT2D eigenvalue weighted by molar-refractivity contribution is -0.143. The zero-order valence-electron chi connectivity index (χ0n) is 53.2. The lowest BCUT2D eigenvalue weighted by Crippen LogP contribution is -2.45. The molecule has 3 N–H and O–H groups in total. The third-order valence-electron chi connectivity index (χ3n) is 17.1. The van der Waals surface area contributed by atoms with Crippen molar-refractivity contribution in [3.8, 4) is 0 Å². The molecule has 0 heterocycles. The molecule has 0 saturated carbocycles. The van der Waals surface area contributed by atoms with Crippen molar-refractivity contribution in [3.63, 3.8) is 0 Å². The SMILES string of the molecule is CCCCCCCC/C=C\CCCCCCCCCCCC(=O)OCCCCCCCCCCCCCCCCCCCCCCCCCCCCCCCCCC(=O)NC(CO)C(O)CCCCCCCCCCCCC. The van der Waals surface area contributed by atoms with Crippen LogP contribution in [0.3, 0.4) is 0 Å². The summed E-state index contributed by atoms with van der Waals surface area (Å²) < 4.78 is 5.51. The molecule has 1 amide bonds. The second-order valence-corrected chi connectivity index (χ2v) is 24.9. The van der Waals surface area contributed by atoms with Gasteiger partial charge in [-0.3, -0.25) is 9.59 Å². The largest absolute Gasteiger partial charge is 0.466 e. The van der Waals surface area contributed by atoms with Crippen LogP contribution < -0.4 is 5.32 Å². The van der Waals surface area contributed by atoms with Crippen molar-refractivity contribution in [3.05, 3.63) is 12.2 Å². The van der Waals surface area contributed by atoms with Gasteiger partial charge in [0, 0.05) is 12.8 Å². The fourth-order valence-corrected chi connectivity index (χ4v) is 11.6. The first-order valence-electron chi connectivity index (χ1n) is 35.9. The van der Waals surface area contributed by atoms with Crippen LogP contribution in [0.15, 0.2) is 12.2 Å². The van der Waals surface area contributed by atoms with Gasteiger partial charge in [-0.2, -0.15) is 0 Å². The highest BCUT2D eigenvalue weighted by atomic mass is 16.5. The lowest BCUT2D eigenvalue weighted by atomic mass is 10.0. The van der Waals surface area contributed by atoms with Gasteiger partial charge in [0.2, 0.25) is 5.91 Å². The maximum absolute atomic E-state index is 12.5. The predicted octanol–water partition coefficient (Wildman–Crippen LogP) is 23.1. The van der Waals surface area contributed by atoms with Crippen molar-refractivity contribution in [2.24, 2.45) is 0 Å². The van der Waals surface area contributed by atoms with E-state index in [1.807, 2.05) is 0 Å². The van der Waals surface area contributed by atoms with Gasteiger partial charge in [0.25, 0.3) is 0 Å². The zero-order chi connectivity index (χ0) is 56.4. The van der Waals surface area contributed by atoms with Gasteiger partial charge in [0.15, 0.2) is 0 Å². The number of rotatable bonds is 68. The summed E-state index contributed by atoms with van der Waals surface area (Å²) in [4.78, 5) is 24.6. The van der Waals surface area contributed by atoms with Crippen LogP contribution >= 0.6 is 0 Å². The molecule has 0 rings (SSSR count). The number of carbonyl (C=O) groups excluding carboxylic acids is 2. The number of nitrogens with one attached hydrogen (secondary N) is 1. The van der Waals surface area contributed by atoms with Gasteiger partial charge in [0.1, 0.15) is 0 Å². The second-order valence-electron chi connectivity index (χ2n) is 24.9. The first-order valence-corrected chi connectivity index (χ1v) is 35.9. The van der Waals surface area contributed by atoms with Crippen LogP contribution in [0.5, 0.6) is 0 Å². The third kappa shape index (κ3) is 63.8. The number of allylic oxidation sites excluding steroid dienone is 2. The van der Waals surface area contributed by atoms with E-state index < -0.39 is 12.1 Å². The molecule has 0 radical (unpaired) electrons. The molecule has 2 unspecified atom stereocenters. The molecule has 0 spiro atoms. The summed E-state index contributed by atoms with van der Waals surface area (Å²) in [5.74, 6) is -0.00822. The Balaban J connectivity index is 3.28.